The molecule has 0 aromatic heterocycles. The van der Waals surface area contributed by atoms with Gasteiger partial charge in [-0.25, -0.2) is 0 Å². The van der Waals surface area contributed by atoms with Crippen LogP contribution in [-0.4, -0.2) is 65.6 Å². The van der Waals surface area contributed by atoms with Crippen LogP contribution < -0.4 is 0 Å². The van der Waals surface area contributed by atoms with Gasteiger partial charge in [-0.15, -0.1) is 0 Å². The molecule has 32 heavy (non-hydrogen) atoms. The lowest BCUT2D eigenvalue weighted by Gasteiger charge is -2.45. The van der Waals surface area contributed by atoms with E-state index in [4.69, 9.17) is 5.11 Å². The van der Waals surface area contributed by atoms with Gasteiger partial charge in [0.1, 0.15) is 0 Å². The molecule has 1 heterocycles. The predicted octanol–water partition coefficient (Wildman–Crippen LogP) is 5.74. The molecule has 0 amide bonds. The molecule has 192 valence electrons. The monoisotopic (exact) mass is 520 g/mol. The summed E-state index contributed by atoms with van der Waals surface area (Å²) < 4.78 is 228. The molecule has 0 radical (unpaired) electrons. The number of halogens is 17. The number of ether oxygens (including phenoxy) is 1. The first-order valence-corrected chi connectivity index (χ1v) is 7.78. The minimum atomic E-state index is -8.66. The summed E-state index contributed by atoms with van der Waals surface area (Å²) in [6, 6.07) is 0. The SMILES string of the molecule is O[C@@H]1OCCC[C@H]1C(F)(F)C(F)(F)C(F)(F)C(F)(F)C(F)(F)C(F)(F)C(F)(F)C(F)(F)F. The maximum absolute atomic E-state index is 13.9. The Morgan fingerprint density at radius 2 is 0.875 bits per heavy atom. The second-order valence-electron chi connectivity index (χ2n) is 6.58. The normalized spacial score (nSPS) is 23.4. The van der Waals surface area contributed by atoms with E-state index in [9.17, 15) is 74.6 Å². The van der Waals surface area contributed by atoms with Crippen LogP contribution in [0.4, 0.5) is 74.6 Å². The average Bonchev–Trinajstić information content (AvgIpc) is 2.59. The van der Waals surface area contributed by atoms with Crippen LogP contribution in [0.15, 0.2) is 0 Å². The lowest BCUT2D eigenvalue weighted by molar-refractivity contribution is -0.465. The topological polar surface area (TPSA) is 29.5 Å². The Morgan fingerprint density at radius 3 is 1.22 bits per heavy atom. The van der Waals surface area contributed by atoms with E-state index in [2.05, 4.69) is 4.74 Å². The van der Waals surface area contributed by atoms with Crippen molar-refractivity contribution < 1.29 is 84.5 Å². The minimum absolute atomic E-state index is 0.650. The highest BCUT2D eigenvalue weighted by molar-refractivity contribution is 5.15. The molecule has 0 aromatic carbocycles. The fraction of sp³-hybridized carbons (Fsp3) is 1.00. The van der Waals surface area contributed by atoms with Gasteiger partial charge in [0.25, 0.3) is 0 Å². The van der Waals surface area contributed by atoms with Crippen molar-refractivity contribution in [3.63, 3.8) is 0 Å². The van der Waals surface area contributed by atoms with Crippen molar-refractivity contribution in [1.29, 1.82) is 0 Å². The van der Waals surface area contributed by atoms with Crippen molar-refractivity contribution in [3.05, 3.63) is 0 Å². The summed E-state index contributed by atoms with van der Waals surface area (Å²) in [7, 11) is 0. The Balaban J connectivity index is 3.61. The van der Waals surface area contributed by atoms with Gasteiger partial charge in [-0.2, -0.15) is 74.6 Å². The summed E-state index contributed by atoms with van der Waals surface area (Å²) in [5, 5.41) is 9.06. The number of aliphatic hydroxyl groups excluding tert-OH is 1. The minimum Gasteiger partial charge on any atom is -0.367 e. The predicted molar refractivity (Wildman–Crippen MR) is 65.4 cm³/mol. The Morgan fingerprint density at radius 1 is 0.531 bits per heavy atom. The van der Waals surface area contributed by atoms with Crippen molar-refractivity contribution in [3.8, 4) is 0 Å². The maximum atomic E-state index is 13.9. The Labute approximate surface area is 165 Å². The molecule has 0 bridgehead atoms. The Bertz CT molecular complexity index is 682. The summed E-state index contributed by atoms with van der Waals surface area (Å²) in [4.78, 5) is 0. The maximum Gasteiger partial charge on any atom is 0.460 e. The van der Waals surface area contributed by atoms with Gasteiger partial charge >= 0.3 is 47.6 Å². The summed E-state index contributed by atoms with van der Waals surface area (Å²) in [5.41, 5.74) is 0. The lowest BCUT2D eigenvalue weighted by atomic mass is 9.82. The first-order valence-electron chi connectivity index (χ1n) is 7.78. The molecule has 1 saturated heterocycles. The summed E-state index contributed by atoms with van der Waals surface area (Å²) in [6.07, 6.45) is -13.0. The van der Waals surface area contributed by atoms with E-state index >= 15 is 0 Å². The van der Waals surface area contributed by atoms with E-state index in [1.807, 2.05) is 0 Å². The Hall–Kier alpha value is -1.27. The first-order chi connectivity index (χ1) is 13.8. The van der Waals surface area contributed by atoms with Crippen molar-refractivity contribution >= 4 is 0 Å². The summed E-state index contributed by atoms with van der Waals surface area (Å²) >= 11 is 0. The Kier molecular flexibility index (Phi) is 6.85. The highest BCUT2D eigenvalue weighted by Gasteiger charge is 2.95. The van der Waals surface area contributed by atoms with Gasteiger partial charge in [0, 0.05) is 6.61 Å². The molecular weight excluding hydrogens is 511 g/mol. The number of hydrogen-bond donors (Lipinski definition) is 1. The van der Waals surface area contributed by atoms with E-state index in [0.717, 1.165) is 0 Å². The van der Waals surface area contributed by atoms with Crippen LogP contribution in [0.2, 0.25) is 0 Å². The first kappa shape index (κ1) is 28.8. The average molecular weight is 520 g/mol. The van der Waals surface area contributed by atoms with Crippen molar-refractivity contribution in [2.45, 2.75) is 66.8 Å². The highest BCUT2D eigenvalue weighted by atomic mass is 19.4. The van der Waals surface area contributed by atoms with Gasteiger partial charge in [-0.1, -0.05) is 0 Å². The van der Waals surface area contributed by atoms with E-state index in [0.29, 0.717) is 0 Å². The van der Waals surface area contributed by atoms with Crippen LogP contribution in [0.1, 0.15) is 12.8 Å². The fourth-order valence-electron chi connectivity index (χ4n) is 2.54. The van der Waals surface area contributed by atoms with Gasteiger partial charge < -0.3 is 9.84 Å². The van der Waals surface area contributed by atoms with Crippen LogP contribution >= 0.6 is 0 Å². The van der Waals surface area contributed by atoms with Gasteiger partial charge in [0.2, 0.25) is 0 Å². The second-order valence-corrected chi connectivity index (χ2v) is 6.58. The summed E-state index contributed by atoms with van der Waals surface area (Å²) in [5.74, 6) is -60.3. The summed E-state index contributed by atoms with van der Waals surface area (Å²) in [6.45, 7) is -0.650. The lowest BCUT2D eigenvalue weighted by Crippen LogP contribution is -2.75. The molecule has 1 rings (SSSR count). The van der Waals surface area contributed by atoms with Crippen molar-refractivity contribution in [2.24, 2.45) is 5.92 Å². The number of aliphatic hydroxyl groups is 1. The molecule has 1 aliphatic rings. The molecule has 1 fully saturated rings. The van der Waals surface area contributed by atoms with E-state index in [1.165, 1.54) is 0 Å². The van der Waals surface area contributed by atoms with Crippen LogP contribution in [0.5, 0.6) is 0 Å². The standard InChI is InChI=1S/C13H9F17O2/c14-6(15,4-2-1-3-32-5(4)31)7(16,17)8(18,19)9(20,21)10(22,23)11(24,25)12(26,27)13(28,29)30/h4-5,31H,1-3H2/t4-,5-/m1/s1. The van der Waals surface area contributed by atoms with E-state index in [-0.39, 0.29) is 0 Å². The smallest absolute Gasteiger partial charge is 0.367 e. The van der Waals surface area contributed by atoms with Crippen molar-refractivity contribution in [2.75, 3.05) is 6.61 Å². The van der Waals surface area contributed by atoms with Gasteiger partial charge in [0.05, 0.1) is 5.92 Å². The molecule has 0 saturated carbocycles. The highest BCUT2D eigenvalue weighted by Crippen LogP contribution is 2.64. The van der Waals surface area contributed by atoms with Gasteiger partial charge in [-0.3, -0.25) is 0 Å². The zero-order valence-corrected chi connectivity index (χ0v) is 14.6. The third kappa shape index (κ3) is 3.56. The second kappa shape index (κ2) is 7.63. The van der Waals surface area contributed by atoms with Crippen LogP contribution in [0.3, 0.4) is 0 Å². The molecule has 19 heteroatoms. The zero-order chi connectivity index (χ0) is 26.0. The molecule has 1 N–H and O–H groups in total. The molecule has 0 aliphatic carbocycles. The third-order valence-electron chi connectivity index (χ3n) is 4.50. The van der Waals surface area contributed by atoms with Crippen molar-refractivity contribution in [1.82, 2.24) is 0 Å². The van der Waals surface area contributed by atoms with Gasteiger partial charge in [0.15, 0.2) is 6.29 Å². The van der Waals surface area contributed by atoms with Crippen LogP contribution in [-0.2, 0) is 4.74 Å². The van der Waals surface area contributed by atoms with Crippen LogP contribution in [0, 0.1) is 5.92 Å². The fourth-order valence-corrected chi connectivity index (χ4v) is 2.54. The zero-order valence-electron chi connectivity index (χ0n) is 14.6. The third-order valence-corrected chi connectivity index (χ3v) is 4.50. The molecule has 2 atom stereocenters. The molecule has 0 unspecified atom stereocenters. The molecule has 1 aliphatic heterocycles. The molecule has 2 nitrogen and oxygen atoms in total. The van der Waals surface area contributed by atoms with E-state index < -0.39 is 79.3 Å². The van der Waals surface area contributed by atoms with Crippen LogP contribution in [0.25, 0.3) is 0 Å². The number of alkyl halides is 17. The quantitative estimate of drug-likeness (QED) is 0.434. The van der Waals surface area contributed by atoms with E-state index in [1.54, 1.807) is 0 Å². The number of rotatable bonds is 7. The molecular formula is C13H9F17O2. The van der Waals surface area contributed by atoms with Gasteiger partial charge in [-0.05, 0) is 12.8 Å². The largest absolute Gasteiger partial charge is 0.460 e. The molecule has 0 spiro atoms. The number of hydrogen-bond acceptors (Lipinski definition) is 2. The molecule has 0 aromatic rings.